The molecule has 0 saturated heterocycles. The van der Waals surface area contributed by atoms with Crippen molar-refractivity contribution in [1.29, 1.82) is 0 Å². The molecular weight excluding hydrogens is 326 g/mol. The van der Waals surface area contributed by atoms with Crippen LogP contribution >= 0.6 is 0 Å². The number of fused-ring (bicyclic) bond motifs is 5. The lowest BCUT2D eigenvalue weighted by Gasteiger charge is -2.43. The highest BCUT2D eigenvalue weighted by Crippen LogP contribution is 2.53. The molecule has 1 nitrogen and oxygen atoms in total. The van der Waals surface area contributed by atoms with E-state index in [1.165, 1.54) is 40.7 Å². The highest BCUT2D eigenvalue weighted by atomic mass is 14.7. The zero-order valence-electron chi connectivity index (χ0n) is 16.8. The third-order valence-corrected chi connectivity index (χ3v) is 6.83. The Balaban J connectivity index is 1.79. The molecular formula is C26H27N. The van der Waals surface area contributed by atoms with Crippen molar-refractivity contribution in [2.45, 2.75) is 57.8 Å². The molecule has 0 saturated carbocycles. The van der Waals surface area contributed by atoms with Gasteiger partial charge >= 0.3 is 0 Å². The fraction of sp³-hybridized carbons (Fsp3) is 0.346. The van der Waals surface area contributed by atoms with Crippen molar-refractivity contribution in [2.24, 2.45) is 0 Å². The molecule has 3 aromatic rings. The smallest absolute Gasteiger partial charge is 0.0705 e. The van der Waals surface area contributed by atoms with E-state index in [4.69, 9.17) is 0 Å². The van der Waals surface area contributed by atoms with Crippen molar-refractivity contribution in [1.82, 2.24) is 4.98 Å². The summed E-state index contributed by atoms with van der Waals surface area (Å²) in [6.07, 6.45) is 5.41. The van der Waals surface area contributed by atoms with E-state index in [-0.39, 0.29) is 10.8 Å². The molecule has 0 spiro atoms. The van der Waals surface area contributed by atoms with Crippen LogP contribution in [-0.4, -0.2) is 4.98 Å². The maximum atomic E-state index is 4.63. The molecule has 5 rings (SSSR count). The van der Waals surface area contributed by atoms with Crippen LogP contribution in [0.5, 0.6) is 0 Å². The van der Waals surface area contributed by atoms with Gasteiger partial charge in [0.2, 0.25) is 0 Å². The van der Waals surface area contributed by atoms with Crippen molar-refractivity contribution in [3.05, 3.63) is 77.0 Å². The topological polar surface area (TPSA) is 12.9 Å². The van der Waals surface area contributed by atoms with Crippen LogP contribution in [0.3, 0.4) is 0 Å². The van der Waals surface area contributed by atoms with Crippen LogP contribution in [0, 0.1) is 0 Å². The van der Waals surface area contributed by atoms with Gasteiger partial charge in [0.15, 0.2) is 0 Å². The van der Waals surface area contributed by atoms with Gasteiger partial charge < -0.3 is 0 Å². The fourth-order valence-corrected chi connectivity index (χ4v) is 5.22. The van der Waals surface area contributed by atoms with Gasteiger partial charge in [0, 0.05) is 11.8 Å². The second-order valence-electron chi connectivity index (χ2n) is 9.51. The third kappa shape index (κ3) is 2.41. The Morgan fingerprint density at radius 3 is 2.33 bits per heavy atom. The fourth-order valence-electron chi connectivity index (χ4n) is 5.22. The maximum Gasteiger partial charge on any atom is 0.0705 e. The molecule has 1 heterocycles. The van der Waals surface area contributed by atoms with Gasteiger partial charge in [-0.25, -0.2) is 0 Å². The van der Waals surface area contributed by atoms with E-state index >= 15 is 0 Å². The van der Waals surface area contributed by atoms with Crippen LogP contribution in [-0.2, 0) is 17.3 Å². The summed E-state index contributed by atoms with van der Waals surface area (Å²) in [5.74, 6) is 0. The maximum absolute atomic E-state index is 4.63. The number of pyridine rings is 1. The second-order valence-corrected chi connectivity index (χ2v) is 9.51. The van der Waals surface area contributed by atoms with E-state index in [2.05, 4.69) is 75.1 Å². The number of hydrogen-bond acceptors (Lipinski definition) is 1. The van der Waals surface area contributed by atoms with Gasteiger partial charge in [0.25, 0.3) is 0 Å². The Bertz CT molecular complexity index is 1040. The van der Waals surface area contributed by atoms with Crippen LogP contribution in [0.1, 0.15) is 62.8 Å². The molecule has 136 valence electrons. The van der Waals surface area contributed by atoms with Crippen LogP contribution in [0.25, 0.3) is 22.4 Å². The summed E-state index contributed by atoms with van der Waals surface area (Å²) < 4.78 is 0. The summed E-state index contributed by atoms with van der Waals surface area (Å²) in [6.45, 7) is 9.69. The molecule has 0 N–H and O–H groups in total. The first-order valence-electron chi connectivity index (χ1n) is 10.1. The normalized spacial score (nSPS) is 18.5. The van der Waals surface area contributed by atoms with Crippen LogP contribution in [0.15, 0.2) is 54.7 Å². The summed E-state index contributed by atoms with van der Waals surface area (Å²) in [4.78, 5) is 4.63. The molecule has 2 aliphatic carbocycles. The van der Waals surface area contributed by atoms with Crippen LogP contribution in [0.2, 0.25) is 0 Å². The van der Waals surface area contributed by atoms with Gasteiger partial charge in [-0.1, -0.05) is 64.1 Å². The Hall–Kier alpha value is -2.41. The monoisotopic (exact) mass is 353 g/mol. The number of rotatable bonds is 1. The van der Waals surface area contributed by atoms with Crippen molar-refractivity contribution < 1.29 is 0 Å². The lowest BCUT2D eigenvalue weighted by Crippen LogP contribution is -2.34. The highest BCUT2D eigenvalue weighted by Gasteiger charge is 2.41. The summed E-state index contributed by atoms with van der Waals surface area (Å²) in [5, 5.41) is 0. The molecule has 0 amide bonds. The molecule has 0 aliphatic heterocycles. The largest absolute Gasteiger partial charge is 0.256 e. The number of hydrogen-bond donors (Lipinski definition) is 0. The van der Waals surface area contributed by atoms with Crippen LogP contribution < -0.4 is 0 Å². The molecule has 2 aliphatic rings. The van der Waals surface area contributed by atoms with Gasteiger partial charge in [-0.05, 0) is 75.6 Å². The predicted octanol–water partition coefficient (Wildman–Crippen LogP) is 6.67. The quantitative estimate of drug-likeness (QED) is 0.372. The number of benzene rings is 2. The van der Waals surface area contributed by atoms with E-state index in [0.717, 1.165) is 12.1 Å². The Labute approximate surface area is 162 Å². The lowest BCUT2D eigenvalue weighted by molar-refractivity contribution is 0.332. The minimum Gasteiger partial charge on any atom is -0.256 e. The Morgan fingerprint density at radius 1 is 0.778 bits per heavy atom. The molecule has 1 heteroatoms. The van der Waals surface area contributed by atoms with E-state index in [0.29, 0.717) is 0 Å². The summed E-state index contributed by atoms with van der Waals surface area (Å²) in [7, 11) is 0. The molecule has 1 aromatic heterocycles. The van der Waals surface area contributed by atoms with Crippen molar-refractivity contribution in [3.63, 3.8) is 0 Å². The van der Waals surface area contributed by atoms with E-state index in [1.807, 2.05) is 12.3 Å². The first-order chi connectivity index (χ1) is 12.9. The molecule has 0 atom stereocenters. The summed E-state index contributed by atoms with van der Waals surface area (Å²) in [6, 6.07) is 17.8. The lowest BCUT2D eigenvalue weighted by atomic mass is 9.61. The van der Waals surface area contributed by atoms with Gasteiger partial charge in [0.05, 0.1) is 5.69 Å². The molecule has 0 unspecified atom stereocenters. The van der Waals surface area contributed by atoms with E-state index in [9.17, 15) is 0 Å². The van der Waals surface area contributed by atoms with Gasteiger partial charge in [0.1, 0.15) is 0 Å². The summed E-state index contributed by atoms with van der Waals surface area (Å²) in [5.41, 5.74) is 11.8. The Kier molecular flexibility index (Phi) is 3.44. The van der Waals surface area contributed by atoms with Gasteiger partial charge in [-0.15, -0.1) is 0 Å². The SMILES string of the molecule is CC1(C)CCC(C)(C)c2c1ccc1c2-c2cccc(-c3ccccn3)c2C1. The van der Waals surface area contributed by atoms with Crippen molar-refractivity contribution >= 4 is 0 Å². The average Bonchev–Trinajstić information content (AvgIpc) is 3.04. The van der Waals surface area contributed by atoms with E-state index < -0.39 is 0 Å². The highest BCUT2D eigenvalue weighted by molar-refractivity contribution is 5.87. The van der Waals surface area contributed by atoms with Crippen molar-refractivity contribution in [3.8, 4) is 22.4 Å². The molecule has 27 heavy (non-hydrogen) atoms. The molecule has 0 bridgehead atoms. The second kappa shape index (κ2) is 5.55. The first kappa shape index (κ1) is 16.7. The van der Waals surface area contributed by atoms with Crippen molar-refractivity contribution in [2.75, 3.05) is 0 Å². The van der Waals surface area contributed by atoms with Crippen LogP contribution in [0.4, 0.5) is 0 Å². The summed E-state index contributed by atoms with van der Waals surface area (Å²) >= 11 is 0. The first-order valence-corrected chi connectivity index (χ1v) is 10.1. The molecule has 0 fully saturated rings. The van der Waals surface area contributed by atoms with Gasteiger partial charge in [-0.2, -0.15) is 0 Å². The minimum atomic E-state index is 0.221. The molecule has 0 radical (unpaired) electrons. The third-order valence-electron chi connectivity index (χ3n) is 6.83. The molecule has 2 aromatic carbocycles. The zero-order chi connectivity index (χ0) is 18.8. The number of aromatic nitrogens is 1. The predicted molar refractivity (Wildman–Crippen MR) is 113 cm³/mol. The Morgan fingerprint density at radius 2 is 1.56 bits per heavy atom. The minimum absolute atomic E-state index is 0.221. The average molecular weight is 354 g/mol. The number of nitrogens with zero attached hydrogens (tertiary/aromatic N) is 1. The zero-order valence-corrected chi connectivity index (χ0v) is 16.8. The standard InChI is InChI=1S/C26H27N/c1-25(2)13-14-26(3,4)24-21(25)12-11-17-16-20-18(22-10-5-6-15-27-22)8-7-9-19(20)23(17)24/h5-12,15H,13-14,16H2,1-4H3. The van der Waals surface area contributed by atoms with Gasteiger partial charge in [-0.3, -0.25) is 4.98 Å². The van der Waals surface area contributed by atoms with E-state index in [1.54, 1.807) is 11.1 Å².